The van der Waals surface area contributed by atoms with Crippen LogP contribution in [0.25, 0.3) is 0 Å². The van der Waals surface area contributed by atoms with Gasteiger partial charge in [-0.15, -0.1) is 0 Å². The van der Waals surface area contributed by atoms with Gasteiger partial charge < -0.3 is 0 Å². The molecule has 1 rings (SSSR count). The molecular weight excluding hydrogens is 227 g/mol. The largest absolute Gasteiger partial charge is 0.404 e. The average molecular weight is 251 g/mol. The van der Waals surface area contributed by atoms with Gasteiger partial charge >= 0.3 is 6.18 Å². The molecule has 1 heterocycles. The highest BCUT2D eigenvalue weighted by Crippen LogP contribution is 2.39. The Morgan fingerprint density at radius 1 is 1.12 bits per heavy atom. The second-order valence-electron chi connectivity index (χ2n) is 6.19. The number of hydrogen-bond donors (Lipinski definition) is 0. The fourth-order valence-electron chi connectivity index (χ4n) is 2.66. The van der Waals surface area contributed by atoms with Crippen LogP contribution in [0.5, 0.6) is 0 Å². The van der Waals surface area contributed by atoms with Crippen molar-refractivity contribution in [3.63, 3.8) is 0 Å². The fraction of sp³-hybridized carbons (Fsp3) is 1.00. The first kappa shape index (κ1) is 14.8. The summed E-state index contributed by atoms with van der Waals surface area (Å²) in [6.07, 6.45) is -2.35. The Morgan fingerprint density at radius 3 is 2.12 bits per heavy atom. The summed E-state index contributed by atoms with van der Waals surface area (Å²) in [4.78, 5) is 1.64. The molecule has 2 unspecified atom stereocenters. The fourth-order valence-corrected chi connectivity index (χ4v) is 2.66. The highest BCUT2D eigenvalue weighted by molar-refractivity contribution is 4.89. The van der Waals surface area contributed by atoms with E-state index >= 15 is 0 Å². The van der Waals surface area contributed by atoms with Gasteiger partial charge in [0.2, 0.25) is 0 Å². The molecule has 0 bridgehead atoms. The number of halogens is 3. The van der Waals surface area contributed by atoms with E-state index in [2.05, 4.69) is 20.8 Å². The zero-order chi connectivity index (χ0) is 13.3. The maximum absolute atomic E-state index is 12.9. The van der Waals surface area contributed by atoms with Crippen LogP contribution in [0.2, 0.25) is 0 Å². The number of likely N-dealkylation sites (tertiary alicyclic amines) is 1. The number of alkyl halides is 3. The van der Waals surface area contributed by atoms with Crippen molar-refractivity contribution < 1.29 is 13.2 Å². The molecule has 1 fully saturated rings. The first-order chi connectivity index (χ1) is 7.66. The summed E-state index contributed by atoms with van der Waals surface area (Å²) in [7, 11) is 0. The number of piperidine rings is 1. The molecule has 0 aromatic carbocycles. The van der Waals surface area contributed by atoms with Gasteiger partial charge in [-0.3, -0.25) is 4.90 Å². The highest BCUT2D eigenvalue weighted by atomic mass is 19.4. The molecule has 1 nitrogen and oxygen atoms in total. The molecule has 102 valence electrons. The Bertz CT molecular complexity index is 242. The SMILES string of the molecule is CCCN1CC(C(C)(C)C)CCC1C(F)(F)F. The standard InChI is InChI=1S/C13H24F3N/c1-5-8-17-9-10(12(2,3)4)6-7-11(17)13(14,15)16/h10-11H,5-9H2,1-4H3. The lowest BCUT2D eigenvalue weighted by Gasteiger charge is -2.44. The first-order valence-electron chi connectivity index (χ1n) is 6.47. The lowest BCUT2D eigenvalue weighted by atomic mass is 9.75. The molecule has 1 saturated heterocycles. The summed E-state index contributed by atoms with van der Waals surface area (Å²) >= 11 is 0. The summed E-state index contributed by atoms with van der Waals surface area (Å²) in [5, 5.41) is 0. The van der Waals surface area contributed by atoms with E-state index in [0.717, 1.165) is 6.42 Å². The van der Waals surface area contributed by atoms with Crippen molar-refractivity contribution in [2.24, 2.45) is 11.3 Å². The van der Waals surface area contributed by atoms with Crippen LogP contribution < -0.4 is 0 Å². The zero-order valence-corrected chi connectivity index (χ0v) is 11.3. The van der Waals surface area contributed by atoms with Gasteiger partial charge in [-0.2, -0.15) is 13.2 Å². The van der Waals surface area contributed by atoms with Gasteiger partial charge in [-0.05, 0) is 37.1 Å². The van der Waals surface area contributed by atoms with Gasteiger partial charge in [-0.25, -0.2) is 0 Å². The number of hydrogen-bond acceptors (Lipinski definition) is 1. The van der Waals surface area contributed by atoms with E-state index < -0.39 is 12.2 Å². The summed E-state index contributed by atoms with van der Waals surface area (Å²) in [6.45, 7) is 9.44. The van der Waals surface area contributed by atoms with E-state index in [1.165, 1.54) is 0 Å². The van der Waals surface area contributed by atoms with Gasteiger partial charge in [0.25, 0.3) is 0 Å². The van der Waals surface area contributed by atoms with E-state index in [1.807, 2.05) is 6.92 Å². The van der Waals surface area contributed by atoms with Gasteiger partial charge in [0.1, 0.15) is 6.04 Å². The van der Waals surface area contributed by atoms with E-state index in [0.29, 0.717) is 25.4 Å². The molecule has 0 N–H and O–H groups in total. The molecule has 0 saturated carbocycles. The molecule has 1 aliphatic heterocycles. The summed E-state index contributed by atoms with van der Waals surface area (Å²) < 4.78 is 38.7. The third-order valence-corrected chi connectivity index (χ3v) is 3.80. The topological polar surface area (TPSA) is 3.24 Å². The molecule has 0 radical (unpaired) electrons. The van der Waals surface area contributed by atoms with E-state index in [1.54, 1.807) is 4.90 Å². The maximum Gasteiger partial charge on any atom is 0.404 e. The van der Waals surface area contributed by atoms with Crippen LogP contribution in [0, 0.1) is 11.3 Å². The molecule has 2 atom stereocenters. The van der Waals surface area contributed by atoms with Crippen LogP contribution in [0.4, 0.5) is 13.2 Å². The van der Waals surface area contributed by atoms with Crippen molar-refractivity contribution in [3.8, 4) is 0 Å². The predicted octanol–water partition coefficient (Wildman–Crippen LogP) is 4.09. The van der Waals surface area contributed by atoms with Crippen LogP contribution in [-0.2, 0) is 0 Å². The average Bonchev–Trinajstić information content (AvgIpc) is 2.15. The summed E-state index contributed by atoms with van der Waals surface area (Å²) in [5.74, 6) is 0.368. The molecular formula is C13H24F3N. The molecule has 0 aromatic heterocycles. The van der Waals surface area contributed by atoms with Crippen LogP contribution in [-0.4, -0.2) is 30.2 Å². The highest BCUT2D eigenvalue weighted by Gasteiger charge is 2.47. The second kappa shape index (κ2) is 5.17. The van der Waals surface area contributed by atoms with Crippen LogP contribution in [0.15, 0.2) is 0 Å². The minimum absolute atomic E-state index is 0.0998. The van der Waals surface area contributed by atoms with E-state index in [4.69, 9.17) is 0 Å². The molecule has 0 aliphatic carbocycles. The molecule has 1 aliphatic rings. The predicted molar refractivity (Wildman–Crippen MR) is 63.9 cm³/mol. The Kier molecular flexibility index (Phi) is 4.50. The third-order valence-electron chi connectivity index (χ3n) is 3.80. The number of nitrogens with zero attached hydrogens (tertiary/aromatic N) is 1. The van der Waals surface area contributed by atoms with Gasteiger partial charge in [0.15, 0.2) is 0 Å². The number of rotatable bonds is 2. The molecule has 17 heavy (non-hydrogen) atoms. The molecule has 0 amide bonds. The van der Waals surface area contributed by atoms with Crippen molar-refractivity contribution in [2.45, 2.75) is 59.2 Å². The molecule has 4 heteroatoms. The van der Waals surface area contributed by atoms with Crippen molar-refractivity contribution in [3.05, 3.63) is 0 Å². The quantitative estimate of drug-likeness (QED) is 0.714. The minimum atomic E-state index is -4.07. The van der Waals surface area contributed by atoms with Crippen LogP contribution in [0.1, 0.15) is 47.0 Å². The Hall–Kier alpha value is -0.250. The normalized spacial score (nSPS) is 28.4. The first-order valence-corrected chi connectivity index (χ1v) is 6.47. The van der Waals surface area contributed by atoms with Gasteiger partial charge in [0, 0.05) is 6.54 Å². The Balaban J connectivity index is 2.74. The van der Waals surface area contributed by atoms with Gasteiger partial charge in [0.05, 0.1) is 0 Å². The lowest BCUT2D eigenvalue weighted by molar-refractivity contribution is -0.197. The Labute approximate surface area is 102 Å². The van der Waals surface area contributed by atoms with E-state index in [-0.39, 0.29) is 11.8 Å². The molecule has 0 spiro atoms. The third kappa shape index (κ3) is 3.87. The summed E-state index contributed by atoms with van der Waals surface area (Å²) in [5.41, 5.74) is 0.0998. The smallest absolute Gasteiger partial charge is 0.292 e. The zero-order valence-electron chi connectivity index (χ0n) is 11.3. The second-order valence-corrected chi connectivity index (χ2v) is 6.19. The maximum atomic E-state index is 12.9. The van der Waals surface area contributed by atoms with Crippen molar-refractivity contribution in [1.82, 2.24) is 4.90 Å². The van der Waals surface area contributed by atoms with E-state index in [9.17, 15) is 13.2 Å². The minimum Gasteiger partial charge on any atom is -0.292 e. The molecule has 0 aromatic rings. The van der Waals surface area contributed by atoms with Crippen molar-refractivity contribution >= 4 is 0 Å². The Morgan fingerprint density at radius 2 is 1.71 bits per heavy atom. The summed E-state index contributed by atoms with van der Waals surface area (Å²) in [6, 6.07) is -1.22. The van der Waals surface area contributed by atoms with Crippen molar-refractivity contribution in [1.29, 1.82) is 0 Å². The van der Waals surface area contributed by atoms with Crippen LogP contribution >= 0.6 is 0 Å². The van der Waals surface area contributed by atoms with Crippen molar-refractivity contribution in [2.75, 3.05) is 13.1 Å². The monoisotopic (exact) mass is 251 g/mol. The lowest BCUT2D eigenvalue weighted by Crippen LogP contribution is -2.53. The van der Waals surface area contributed by atoms with Crippen LogP contribution in [0.3, 0.4) is 0 Å². The van der Waals surface area contributed by atoms with Gasteiger partial charge in [-0.1, -0.05) is 27.7 Å².